The van der Waals surface area contributed by atoms with Crippen LogP contribution in [0.15, 0.2) is 30.6 Å². The number of carbonyl (C=O) groups excluding carboxylic acids is 1. The molecule has 2 rings (SSSR count). The number of Topliss-reactive ketones (excluding diaryl/α,β-unsaturated/α-hetero) is 1. The number of hydrogen-bond acceptors (Lipinski definition) is 4. The normalized spacial score (nSPS) is 12.4. The van der Waals surface area contributed by atoms with Crippen LogP contribution in [0.4, 0.5) is 0 Å². The van der Waals surface area contributed by atoms with Crippen LogP contribution in [0.1, 0.15) is 33.2 Å². The van der Waals surface area contributed by atoms with E-state index in [1.165, 1.54) is 11.3 Å². The maximum absolute atomic E-state index is 12.1. The van der Waals surface area contributed by atoms with Gasteiger partial charge < -0.3 is 0 Å². The quantitative estimate of drug-likeness (QED) is 0.764. The molecular weight excluding hydrogens is 220 g/mol. The summed E-state index contributed by atoms with van der Waals surface area (Å²) in [4.78, 5) is 21.1. The third kappa shape index (κ3) is 2.17. The van der Waals surface area contributed by atoms with Crippen molar-refractivity contribution in [3.05, 3.63) is 46.2 Å². The van der Waals surface area contributed by atoms with Crippen LogP contribution in [0, 0.1) is 6.92 Å². The van der Waals surface area contributed by atoms with Gasteiger partial charge in [0.1, 0.15) is 0 Å². The largest absolute Gasteiger partial charge is 0.292 e. The zero-order valence-corrected chi connectivity index (χ0v) is 9.99. The number of nitrogens with zero attached hydrogens (tertiary/aromatic N) is 2. The smallest absolute Gasteiger partial charge is 0.183 e. The number of carbonyl (C=O) groups is 1. The summed E-state index contributed by atoms with van der Waals surface area (Å²) in [6, 6.07) is 5.61. The third-order valence-corrected chi connectivity index (χ3v) is 3.32. The molecule has 1 atom stereocenters. The molecule has 0 fully saturated rings. The van der Waals surface area contributed by atoms with Gasteiger partial charge in [-0.25, -0.2) is 4.98 Å². The summed E-state index contributed by atoms with van der Waals surface area (Å²) < 4.78 is 0. The summed E-state index contributed by atoms with van der Waals surface area (Å²) in [6.45, 7) is 3.77. The van der Waals surface area contributed by atoms with Gasteiger partial charge in [-0.1, -0.05) is 6.07 Å². The van der Waals surface area contributed by atoms with Crippen molar-refractivity contribution in [3.8, 4) is 0 Å². The molecule has 0 amide bonds. The van der Waals surface area contributed by atoms with Crippen molar-refractivity contribution in [2.75, 3.05) is 0 Å². The molecule has 0 aromatic carbocycles. The van der Waals surface area contributed by atoms with Gasteiger partial charge in [0.15, 0.2) is 5.78 Å². The highest BCUT2D eigenvalue weighted by atomic mass is 32.1. The summed E-state index contributed by atoms with van der Waals surface area (Å²) in [5.74, 6) is -0.120. The maximum atomic E-state index is 12.1. The average molecular weight is 232 g/mol. The molecule has 1 unspecified atom stereocenters. The van der Waals surface area contributed by atoms with Gasteiger partial charge >= 0.3 is 0 Å². The Hall–Kier alpha value is -1.55. The van der Waals surface area contributed by atoms with E-state index >= 15 is 0 Å². The molecule has 0 aliphatic heterocycles. The Bertz CT molecular complexity index is 493. The molecule has 0 saturated carbocycles. The molecule has 4 heteroatoms. The number of ketones is 1. The van der Waals surface area contributed by atoms with Crippen LogP contribution >= 0.6 is 11.3 Å². The Kier molecular flexibility index (Phi) is 3.10. The van der Waals surface area contributed by atoms with E-state index in [0.717, 1.165) is 10.7 Å². The van der Waals surface area contributed by atoms with Crippen molar-refractivity contribution in [1.29, 1.82) is 0 Å². The van der Waals surface area contributed by atoms with Crippen molar-refractivity contribution in [2.45, 2.75) is 19.8 Å². The third-order valence-electron chi connectivity index (χ3n) is 2.39. The molecule has 0 spiro atoms. The van der Waals surface area contributed by atoms with Crippen molar-refractivity contribution < 1.29 is 4.79 Å². The molecule has 2 aromatic rings. The predicted molar refractivity (Wildman–Crippen MR) is 63.8 cm³/mol. The molecule has 16 heavy (non-hydrogen) atoms. The van der Waals surface area contributed by atoms with Gasteiger partial charge in [0.2, 0.25) is 0 Å². The Morgan fingerprint density at radius 1 is 1.38 bits per heavy atom. The van der Waals surface area contributed by atoms with Crippen LogP contribution in [0.3, 0.4) is 0 Å². The molecule has 0 N–H and O–H groups in total. The Morgan fingerprint density at radius 3 is 2.75 bits per heavy atom. The maximum Gasteiger partial charge on any atom is 0.183 e. The van der Waals surface area contributed by atoms with Crippen molar-refractivity contribution in [3.63, 3.8) is 0 Å². The molecule has 0 bridgehead atoms. The number of thiazole rings is 1. The van der Waals surface area contributed by atoms with Crippen LogP contribution in [-0.2, 0) is 0 Å². The topological polar surface area (TPSA) is 42.9 Å². The number of aryl methyl sites for hydroxylation is 1. The SMILES string of the molecule is Cc1ncc(C(=O)C(C)c2ccccn2)s1. The molecule has 3 nitrogen and oxygen atoms in total. The van der Waals surface area contributed by atoms with E-state index in [4.69, 9.17) is 0 Å². The Labute approximate surface area is 98.2 Å². The highest BCUT2D eigenvalue weighted by molar-refractivity contribution is 7.13. The number of rotatable bonds is 3. The van der Waals surface area contributed by atoms with Gasteiger partial charge in [-0.3, -0.25) is 9.78 Å². The zero-order chi connectivity index (χ0) is 11.5. The molecule has 0 aliphatic carbocycles. The lowest BCUT2D eigenvalue weighted by atomic mass is 10.0. The van der Waals surface area contributed by atoms with Gasteiger partial charge in [-0.05, 0) is 26.0 Å². The molecule has 2 heterocycles. The monoisotopic (exact) mass is 232 g/mol. The first-order valence-electron chi connectivity index (χ1n) is 5.06. The second-order valence-corrected chi connectivity index (χ2v) is 4.82. The molecule has 0 radical (unpaired) electrons. The highest BCUT2D eigenvalue weighted by Gasteiger charge is 2.19. The van der Waals surface area contributed by atoms with Gasteiger partial charge in [0.25, 0.3) is 0 Å². The first kappa shape index (κ1) is 11.0. The van der Waals surface area contributed by atoms with E-state index in [1.807, 2.05) is 32.0 Å². The summed E-state index contributed by atoms with van der Waals surface area (Å²) in [6.07, 6.45) is 3.35. The first-order valence-corrected chi connectivity index (χ1v) is 5.87. The zero-order valence-electron chi connectivity index (χ0n) is 9.18. The summed E-state index contributed by atoms with van der Waals surface area (Å²) in [5.41, 5.74) is 0.804. The van der Waals surface area contributed by atoms with Crippen molar-refractivity contribution >= 4 is 17.1 Å². The predicted octanol–water partition coefficient (Wildman–Crippen LogP) is 2.83. The lowest BCUT2D eigenvalue weighted by Crippen LogP contribution is -2.09. The minimum Gasteiger partial charge on any atom is -0.292 e. The summed E-state index contributed by atoms with van der Waals surface area (Å²) in [5, 5.41) is 0.913. The first-order chi connectivity index (χ1) is 7.68. The number of aromatic nitrogens is 2. The van der Waals surface area contributed by atoms with E-state index in [2.05, 4.69) is 9.97 Å². The molecule has 2 aromatic heterocycles. The average Bonchev–Trinajstić information content (AvgIpc) is 2.75. The molecule has 82 valence electrons. The van der Waals surface area contributed by atoms with Crippen molar-refractivity contribution in [1.82, 2.24) is 9.97 Å². The van der Waals surface area contributed by atoms with E-state index < -0.39 is 0 Å². The van der Waals surface area contributed by atoms with Gasteiger partial charge in [-0.15, -0.1) is 11.3 Å². The van der Waals surface area contributed by atoms with E-state index in [0.29, 0.717) is 4.88 Å². The molecule has 0 saturated heterocycles. The van der Waals surface area contributed by atoms with Crippen LogP contribution in [0.25, 0.3) is 0 Å². The second-order valence-electron chi connectivity index (χ2n) is 3.58. The van der Waals surface area contributed by atoms with E-state index in [-0.39, 0.29) is 11.7 Å². The summed E-state index contributed by atoms with van der Waals surface area (Å²) in [7, 11) is 0. The lowest BCUT2D eigenvalue weighted by Gasteiger charge is -2.07. The minimum absolute atomic E-state index is 0.0873. The van der Waals surface area contributed by atoms with E-state index in [9.17, 15) is 4.79 Å². The molecule has 0 aliphatic rings. The van der Waals surface area contributed by atoms with Gasteiger partial charge in [0, 0.05) is 12.4 Å². The van der Waals surface area contributed by atoms with Gasteiger partial charge in [0.05, 0.1) is 21.5 Å². The highest BCUT2D eigenvalue weighted by Crippen LogP contribution is 2.22. The minimum atomic E-state index is -0.207. The fourth-order valence-corrected chi connectivity index (χ4v) is 2.26. The summed E-state index contributed by atoms with van der Waals surface area (Å²) >= 11 is 1.43. The second kappa shape index (κ2) is 4.53. The van der Waals surface area contributed by atoms with E-state index in [1.54, 1.807) is 12.4 Å². The Balaban J connectivity index is 2.23. The van der Waals surface area contributed by atoms with Crippen molar-refractivity contribution in [2.24, 2.45) is 0 Å². The lowest BCUT2D eigenvalue weighted by molar-refractivity contribution is 0.0968. The fourth-order valence-electron chi connectivity index (χ4n) is 1.46. The van der Waals surface area contributed by atoms with Gasteiger partial charge in [-0.2, -0.15) is 0 Å². The van der Waals surface area contributed by atoms with Crippen LogP contribution in [0.2, 0.25) is 0 Å². The molecular formula is C12H12N2OS. The number of pyridine rings is 1. The van der Waals surface area contributed by atoms with Crippen LogP contribution < -0.4 is 0 Å². The van der Waals surface area contributed by atoms with Crippen LogP contribution in [-0.4, -0.2) is 15.8 Å². The number of hydrogen-bond donors (Lipinski definition) is 0. The van der Waals surface area contributed by atoms with Crippen LogP contribution in [0.5, 0.6) is 0 Å². The standard InChI is InChI=1S/C12H12N2OS/c1-8(10-5-3-4-6-13-10)12(15)11-7-14-9(2)16-11/h3-8H,1-2H3. The fraction of sp³-hybridized carbons (Fsp3) is 0.250. The Morgan fingerprint density at radius 2 is 2.19 bits per heavy atom.